The highest BCUT2D eigenvalue weighted by molar-refractivity contribution is 7.89. The van der Waals surface area contributed by atoms with Gasteiger partial charge in [0.05, 0.1) is 11.5 Å². The van der Waals surface area contributed by atoms with Crippen molar-refractivity contribution in [2.24, 2.45) is 0 Å². The highest BCUT2D eigenvalue weighted by Gasteiger charge is 2.23. The maximum absolute atomic E-state index is 12.1. The van der Waals surface area contributed by atoms with Gasteiger partial charge in [-0.15, -0.1) is 0 Å². The fourth-order valence-electron chi connectivity index (χ4n) is 2.36. The zero-order chi connectivity index (χ0) is 17.3. The molecule has 0 bridgehead atoms. The Morgan fingerprint density at radius 2 is 1.65 bits per heavy atom. The summed E-state index contributed by atoms with van der Waals surface area (Å²) in [4.78, 5) is 11.6. The zero-order valence-corrected chi connectivity index (χ0v) is 15.2. The highest BCUT2D eigenvalue weighted by atomic mass is 32.2. The molecule has 1 rings (SSSR count). The number of hydrogen-bond donors (Lipinski definition) is 2. The number of piperidine rings is 1. The fraction of sp³-hybridized carbons (Fsp3) is 0.923. The van der Waals surface area contributed by atoms with E-state index < -0.39 is 20.0 Å². The monoisotopic (exact) mass is 369 g/mol. The van der Waals surface area contributed by atoms with E-state index in [1.807, 2.05) is 0 Å². The normalized spacial score (nSPS) is 17.1. The van der Waals surface area contributed by atoms with Gasteiger partial charge >= 0.3 is 0 Å². The van der Waals surface area contributed by atoms with E-state index in [9.17, 15) is 21.6 Å². The summed E-state index contributed by atoms with van der Waals surface area (Å²) in [6, 6.07) is 0. The highest BCUT2D eigenvalue weighted by Crippen LogP contribution is 2.14. The first-order valence-corrected chi connectivity index (χ1v) is 11.2. The third-order valence-corrected chi connectivity index (χ3v) is 7.09. The van der Waals surface area contributed by atoms with E-state index in [1.165, 1.54) is 7.05 Å². The van der Waals surface area contributed by atoms with Crippen molar-refractivity contribution in [2.45, 2.75) is 38.5 Å². The minimum atomic E-state index is -3.32. The van der Waals surface area contributed by atoms with Crippen LogP contribution in [0.5, 0.6) is 0 Å². The quantitative estimate of drug-likeness (QED) is 0.511. The molecule has 23 heavy (non-hydrogen) atoms. The van der Waals surface area contributed by atoms with Crippen LogP contribution in [0.4, 0.5) is 0 Å². The van der Waals surface area contributed by atoms with Crippen molar-refractivity contribution in [1.82, 2.24) is 14.3 Å². The summed E-state index contributed by atoms with van der Waals surface area (Å²) in [5.74, 6) is -0.362. The third-order valence-electron chi connectivity index (χ3n) is 3.77. The van der Waals surface area contributed by atoms with Gasteiger partial charge in [-0.3, -0.25) is 4.79 Å². The molecule has 0 aromatic rings. The summed E-state index contributed by atoms with van der Waals surface area (Å²) >= 11 is 0. The summed E-state index contributed by atoms with van der Waals surface area (Å²) in [6.45, 7) is 1.25. The molecule has 0 aliphatic carbocycles. The number of hydrogen-bond acceptors (Lipinski definition) is 5. The molecule has 0 aromatic heterocycles. The van der Waals surface area contributed by atoms with Crippen molar-refractivity contribution >= 4 is 26.0 Å². The number of unbranched alkanes of at least 4 members (excludes halogenated alkanes) is 1. The minimum absolute atomic E-state index is 0.0497. The van der Waals surface area contributed by atoms with Gasteiger partial charge in [-0.1, -0.05) is 6.42 Å². The average Bonchev–Trinajstić information content (AvgIpc) is 2.52. The Kier molecular flexibility index (Phi) is 8.45. The number of rotatable bonds is 10. The van der Waals surface area contributed by atoms with Gasteiger partial charge in [-0.2, -0.15) is 0 Å². The number of nitrogens with one attached hydrogen (secondary N) is 2. The van der Waals surface area contributed by atoms with Crippen LogP contribution in [0.3, 0.4) is 0 Å². The molecule has 0 spiro atoms. The van der Waals surface area contributed by atoms with E-state index in [0.29, 0.717) is 25.9 Å². The second-order valence-corrected chi connectivity index (χ2v) is 9.74. The molecule has 1 saturated heterocycles. The van der Waals surface area contributed by atoms with Crippen molar-refractivity contribution in [3.8, 4) is 0 Å². The van der Waals surface area contributed by atoms with Crippen molar-refractivity contribution in [3.63, 3.8) is 0 Å². The average molecular weight is 370 g/mol. The van der Waals surface area contributed by atoms with Crippen LogP contribution in [0.1, 0.15) is 38.5 Å². The van der Waals surface area contributed by atoms with Crippen molar-refractivity contribution < 1.29 is 21.6 Å². The number of nitrogens with zero attached hydrogens (tertiary/aromatic N) is 1. The molecule has 0 unspecified atom stereocenters. The summed E-state index contributed by atoms with van der Waals surface area (Å²) in [7, 11) is -5.21. The molecule has 1 fully saturated rings. The lowest BCUT2D eigenvalue weighted by molar-refractivity contribution is -0.121. The van der Waals surface area contributed by atoms with Crippen LogP contribution in [0.2, 0.25) is 0 Å². The Labute approximate surface area is 139 Å². The van der Waals surface area contributed by atoms with Crippen LogP contribution in [-0.2, 0) is 24.8 Å². The summed E-state index contributed by atoms with van der Waals surface area (Å²) in [5.41, 5.74) is 0. The third kappa shape index (κ3) is 8.09. The van der Waals surface area contributed by atoms with E-state index >= 15 is 0 Å². The first kappa shape index (κ1) is 20.3. The fourth-order valence-corrected chi connectivity index (χ4v) is 4.57. The summed E-state index contributed by atoms with van der Waals surface area (Å²) in [5, 5.41) is 2.52. The summed E-state index contributed by atoms with van der Waals surface area (Å²) < 4.78 is 50.2. The second-order valence-electron chi connectivity index (χ2n) is 5.61. The van der Waals surface area contributed by atoms with Gasteiger partial charge in [0.25, 0.3) is 0 Å². The molecule has 1 aliphatic rings. The van der Waals surface area contributed by atoms with Crippen molar-refractivity contribution in [3.05, 3.63) is 0 Å². The Morgan fingerprint density at radius 3 is 2.26 bits per heavy atom. The Balaban J connectivity index is 2.17. The first-order chi connectivity index (χ1) is 10.8. The molecule has 0 radical (unpaired) electrons. The first-order valence-electron chi connectivity index (χ1n) is 7.92. The SMILES string of the molecule is CNS(=O)(=O)CCNC(=O)CCCCS(=O)(=O)N1CCCCC1. The van der Waals surface area contributed by atoms with E-state index in [4.69, 9.17) is 0 Å². The molecule has 1 heterocycles. The van der Waals surface area contributed by atoms with E-state index in [1.54, 1.807) is 4.31 Å². The lowest BCUT2D eigenvalue weighted by Gasteiger charge is -2.25. The molecular formula is C13H27N3O5S2. The standard InChI is InChI=1S/C13H27N3O5S2/c1-14-22(18,19)12-8-15-13(17)7-3-6-11-23(20,21)16-9-4-2-5-10-16/h14H,2-12H2,1H3,(H,15,17). The zero-order valence-electron chi connectivity index (χ0n) is 13.6. The molecule has 136 valence electrons. The Bertz CT molecular complexity index is 568. The number of carbonyl (C=O) groups is 1. The molecule has 10 heteroatoms. The number of sulfonamides is 2. The van der Waals surface area contributed by atoms with Crippen LogP contribution in [0.15, 0.2) is 0 Å². The minimum Gasteiger partial charge on any atom is -0.355 e. The molecule has 0 atom stereocenters. The molecule has 2 N–H and O–H groups in total. The van der Waals surface area contributed by atoms with Gasteiger partial charge < -0.3 is 5.32 Å². The van der Waals surface area contributed by atoms with Gasteiger partial charge in [0, 0.05) is 26.1 Å². The van der Waals surface area contributed by atoms with Crippen molar-refractivity contribution in [2.75, 3.05) is 38.2 Å². The van der Waals surface area contributed by atoms with Crippen LogP contribution in [0, 0.1) is 0 Å². The number of amides is 1. The van der Waals surface area contributed by atoms with E-state index in [2.05, 4.69) is 10.0 Å². The largest absolute Gasteiger partial charge is 0.355 e. The topological polar surface area (TPSA) is 113 Å². The Hall–Kier alpha value is -0.710. The van der Waals surface area contributed by atoms with Gasteiger partial charge in [0.1, 0.15) is 0 Å². The van der Waals surface area contributed by atoms with Crippen LogP contribution < -0.4 is 10.0 Å². The molecule has 1 amide bonds. The summed E-state index contributed by atoms with van der Waals surface area (Å²) in [6.07, 6.45) is 4.01. The van der Waals surface area contributed by atoms with E-state index in [-0.39, 0.29) is 30.4 Å². The lowest BCUT2D eigenvalue weighted by atomic mass is 10.2. The lowest BCUT2D eigenvalue weighted by Crippen LogP contribution is -2.37. The predicted octanol–water partition coefficient (Wildman–Crippen LogP) is -0.362. The van der Waals surface area contributed by atoms with Gasteiger partial charge in [0.15, 0.2) is 0 Å². The van der Waals surface area contributed by atoms with Crippen molar-refractivity contribution in [1.29, 1.82) is 0 Å². The predicted molar refractivity (Wildman–Crippen MR) is 88.9 cm³/mol. The smallest absolute Gasteiger partial charge is 0.220 e. The van der Waals surface area contributed by atoms with Gasteiger partial charge in [-0.05, 0) is 32.7 Å². The second kappa shape index (κ2) is 9.55. The maximum Gasteiger partial charge on any atom is 0.220 e. The van der Waals surface area contributed by atoms with E-state index in [0.717, 1.165) is 19.3 Å². The van der Waals surface area contributed by atoms with Crippen LogP contribution >= 0.6 is 0 Å². The molecule has 0 aromatic carbocycles. The maximum atomic E-state index is 12.1. The van der Waals surface area contributed by atoms with Gasteiger partial charge in [-0.25, -0.2) is 25.9 Å². The van der Waals surface area contributed by atoms with Crippen LogP contribution in [-0.4, -0.2) is 65.2 Å². The van der Waals surface area contributed by atoms with Crippen LogP contribution in [0.25, 0.3) is 0 Å². The molecule has 0 saturated carbocycles. The Morgan fingerprint density at radius 1 is 1.00 bits per heavy atom. The molecule has 8 nitrogen and oxygen atoms in total. The molecular weight excluding hydrogens is 342 g/mol. The molecule has 1 aliphatic heterocycles. The number of carbonyl (C=O) groups excluding carboxylic acids is 1. The van der Waals surface area contributed by atoms with Gasteiger partial charge in [0.2, 0.25) is 26.0 Å².